The van der Waals surface area contributed by atoms with Gasteiger partial charge < -0.3 is 0 Å². The van der Waals surface area contributed by atoms with Gasteiger partial charge in [-0.15, -0.1) is 25.6 Å². The zero-order chi connectivity index (χ0) is 6.24. The molecule has 0 aliphatic heterocycles. The lowest BCUT2D eigenvalue weighted by molar-refractivity contribution is -0.277. The Morgan fingerprint density at radius 2 is 1.33 bits per heavy atom. The Bertz CT molecular complexity index is 63.5. The van der Waals surface area contributed by atoms with Gasteiger partial charge in [0.05, 0.1) is 0 Å². The van der Waals surface area contributed by atoms with Gasteiger partial charge in [0.2, 0.25) is 0 Å². The van der Waals surface area contributed by atoms with Crippen LogP contribution in [0.25, 0.3) is 0 Å². The predicted octanol–water partition coefficient (Wildman–Crippen LogP) is 1.73. The molecule has 0 aliphatic carbocycles. The molecule has 0 N–H and O–H groups in total. The molecule has 0 aliphatic rings. The highest BCUT2D eigenvalue weighted by Crippen LogP contribution is 1.77. The van der Waals surface area contributed by atoms with Gasteiger partial charge in [-0.25, -0.2) is 9.78 Å². The maximum absolute atomic E-state index is 4.53. The molecular weight excluding hydrogens is 140 g/mol. The predicted molar refractivity (Wildman–Crippen MR) is 39.5 cm³/mol. The minimum atomic E-state index is 0. The quantitative estimate of drug-likeness (QED) is 0.257. The van der Waals surface area contributed by atoms with Crippen LogP contribution in [0.4, 0.5) is 0 Å². The first-order valence-electron chi connectivity index (χ1n) is 2.38. The van der Waals surface area contributed by atoms with E-state index in [0.29, 0.717) is 13.2 Å². The molecule has 0 fully saturated rings. The topological polar surface area (TPSA) is 18.5 Å². The molecule has 0 bridgehead atoms. The second-order valence-electron chi connectivity index (χ2n) is 1.15. The molecule has 0 unspecified atom stereocenters. The van der Waals surface area contributed by atoms with Crippen LogP contribution in [0.15, 0.2) is 25.3 Å². The molecule has 0 saturated carbocycles. The lowest BCUT2D eigenvalue weighted by Gasteiger charge is -1.94. The second-order valence-corrected chi connectivity index (χ2v) is 1.15. The highest BCUT2D eigenvalue weighted by Gasteiger charge is 1.76. The lowest BCUT2D eigenvalue weighted by atomic mass is 10.7. The first kappa shape index (κ1) is 11.5. The Balaban J connectivity index is 0. The van der Waals surface area contributed by atoms with Crippen molar-refractivity contribution < 1.29 is 9.78 Å². The third-order valence-electron chi connectivity index (χ3n) is 0.455. The van der Waals surface area contributed by atoms with Gasteiger partial charge in [-0.2, -0.15) is 0 Å². The Morgan fingerprint density at radius 3 is 1.56 bits per heavy atom. The van der Waals surface area contributed by atoms with Crippen molar-refractivity contribution in [1.29, 1.82) is 0 Å². The molecule has 0 radical (unpaired) electrons. The van der Waals surface area contributed by atoms with Gasteiger partial charge in [0.25, 0.3) is 0 Å². The van der Waals surface area contributed by atoms with Crippen LogP contribution in [0.1, 0.15) is 0 Å². The van der Waals surface area contributed by atoms with E-state index in [9.17, 15) is 0 Å². The normalized spacial score (nSPS) is 7.56. The van der Waals surface area contributed by atoms with Crippen LogP contribution < -0.4 is 0 Å². The molecule has 0 heterocycles. The Kier molecular flexibility index (Phi) is 13.6. The average molecular weight is 151 g/mol. The fraction of sp³-hybridized carbons (Fsp3) is 0.333. The fourth-order valence-electron chi connectivity index (χ4n) is 0.192. The number of halogens is 1. The summed E-state index contributed by atoms with van der Waals surface area (Å²) >= 11 is 0. The maximum atomic E-state index is 4.53. The van der Waals surface area contributed by atoms with E-state index in [1.165, 1.54) is 0 Å². The largest absolute Gasteiger partial charge is 0.232 e. The standard InChI is InChI=1S/C6H10O2.ClH/c1-3-5-7-8-6-4-2;/h3-4H,1-2,5-6H2;1H. The SMILES string of the molecule is C=CCOOCC=C.Cl. The summed E-state index contributed by atoms with van der Waals surface area (Å²) in [7, 11) is 0. The summed E-state index contributed by atoms with van der Waals surface area (Å²) < 4.78 is 0. The Hall–Kier alpha value is -0.310. The van der Waals surface area contributed by atoms with Crippen molar-refractivity contribution in [2.75, 3.05) is 13.2 Å². The monoisotopic (exact) mass is 150 g/mol. The van der Waals surface area contributed by atoms with E-state index in [4.69, 9.17) is 0 Å². The molecule has 3 heteroatoms. The van der Waals surface area contributed by atoms with Crippen LogP contribution in [-0.4, -0.2) is 13.2 Å². The molecule has 0 atom stereocenters. The van der Waals surface area contributed by atoms with Gasteiger partial charge in [-0.3, -0.25) is 0 Å². The van der Waals surface area contributed by atoms with E-state index in [2.05, 4.69) is 22.9 Å². The summed E-state index contributed by atoms with van der Waals surface area (Å²) in [6, 6.07) is 0. The van der Waals surface area contributed by atoms with Gasteiger partial charge in [0, 0.05) is 0 Å². The van der Waals surface area contributed by atoms with Crippen molar-refractivity contribution in [3.05, 3.63) is 25.3 Å². The van der Waals surface area contributed by atoms with Crippen molar-refractivity contribution in [3.8, 4) is 0 Å². The van der Waals surface area contributed by atoms with E-state index in [0.717, 1.165) is 0 Å². The Morgan fingerprint density at radius 1 is 1.00 bits per heavy atom. The van der Waals surface area contributed by atoms with Crippen molar-refractivity contribution in [3.63, 3.8) is 0 Å². The smallest absolute Gasteiger partial charge is 0.100 e. The first-order valence-corrected chi connectivity index (χ1v) is 2.38. The molecule has 9 heavy (non-hydrogen) atoms. The average Bonchev–Trinajstić information content (AvgIpc) is 1.81. The second kappa shape index (κ2) is 10.6. The van der Waals surface area contributed by atoms with Crippen LogP contribution in [0.3, 0.4) is 0 Å². The van der Waals surface area contributed by atoms with Crippen LogP contribution in [0.2, 0.25) is 0 Å². The van der Waals surface area contributed by atoms with Gasteiger partial charge in [-0.05, 0) is 0 Å². The molecular formula is C6H11ClO2. The minimum absolute atomic E-state index is 0. The molecule has 2 nitrogen and oxygen atoms in total. The van der Waals surface area contributed by atoms with E-state index in [1.54, 1.807) is 12.2 Å². The van der Waals surface area contributed by atoms with Gasteiger partial charge in [-0.1, -0.05) is 12.2 Å². The fourth-order valence-corrected chi connectivity index (χ4v) is 0.192. The van der Waals surface area contributed by atoms with Crippen LogP contribution in [-0.2, 0) is 9.78 Å². The summed E-state index contributed by atoms with van der Waals surface area (Å²) in [6.45, 7) is 7.70. The minimum Gasteiger partial charge on any atom is -0.232 e. The van der Waals surface area contributed by atoms with Crippen molar-refractivity contribution in [1.82, 2.24) is 0 Å². The van der Waals surface area contributed by atoms with Crippen molar-refractivity contribution in [2.45, 2.75) is 0 Å². The number of rotatable bonds is 5. The third-order valence-corrected chi connectivity index (χ3v) is 0.455. The Labute approximate surface area is 61.5 Å². The van der Waals surface area contributed by atoms with Crippen LogP contribution >= 0.6 is 12.4 Å². The van der Waals surface area contributed by atoms with E-state index < -0.39 is 0 Å². The zero-order valence-electron chi connectivity index (χ0n) is 5.21. The van der Waals surface area contributed by atoms with Crippen LogP contribution in [0.5, 0.6) is 0 Å². The first-order chi connectivity index (χ1) is 3.91. The highest BCUT2D eigenvalue weighted by molar-refractivity contribution is 5.85. The maximum Gasteiger partial charge on any atom is 0.100 e. The summed E-state index contributed by atoms with van der Waals surface area (Å²) in [5, 5.41) is 0. The summed E-state index contributed by atoms with van der Waals surface area (Å²) in [6.07, 6.45) is 3.23. The molecule has 0 aromatic heterocycles. The summed E-state index contributed by atoms with van der Waals surface area (Å²) in [5.41, 5.74) is 0. The zero-order valence-corrected chi connectivity index (χ0v) is 6.02. The number of hydrogen-bond acceptors (Lipinski definition) is 2. The lowest BCUT2D eigenvalue weighted by Crippen LogP contribution is -1.92. The molecule has 0 amide bonds. The summed E-state index contributed by atoms with van der Waals surface area (Å²) in [4.78, 5) is 9.07. The van der Waals surface area contributed by atoms with Gasteiger partial charge >= 0.3 is 0 Å². The van der Waals surface area contributed by atoms with Crippen molar-refractivity contribution in [2.24, 2.45) is 0 Å². The number of hydrogen-bond donors (Lipinski definition) is 0. The third kappa shape index (κ3) is 11.3. The van der Waals surface area contributed by atoms with Gasteiger partial charge in [0.15, 0.2) is 0 Å². The van der Waals surface area contributed by atoms with E-state index in [-0.39, 0.29) is 12.4 Å². The molecule has 0 saturated heterocycles. The molecule has 54 valence electrons. The molecule has 0 rings (SSSR count). The molecule has 0 spiro atoms. The van der Waals surface area contributed by atoms with Crippen LogP contribution in [0, 0.1) is 0 Å². The van der Waals surface area contributed by atoms with E-state index >= 15 is 0 Å². The highest BCUT2D eigenvalue weighted by atomic mass is 35.5. The molecule has 0 aromatic rings. The summed E-state index contributed by atoms with van der Waals surface area (Å²) in [5.74, 6) is 0. The van der Waals surface area contributed by atoms with Gasteiger partial charge in [0.1, 0.15) is 13.2 Å². The van der Waals surface area contributed by atoms with Crippen molar-refractivity contribution >= 4 is 12.4 Å². The molecule has 0 aromatic carbocycles. The van der Waals surface area contributed by atoms with E-state index in [1.807, 2.05) is 0 Å².